The number of aromatic amines is 1. The predicted octanol–water partition coefficient (Wildman–Crippen LogP) is 5.24. The molecule has 0 unspecified atom stereocenters. The standard InChI is InChI=1S/C24H23N7S/c1-2-3-8-22-25-23(19-13-14-32-16-19)28-31(22)15-17-9-11-18(12-10-17)20-6-4-5-7-21(20)24-26-29-30-27-24/h4-7,9-14,16H,2-3,8,15H2,1H3,(H,26,27,29,30). The van der Waals surface area contributed by atoms with E-state index in [9.17, 15) is 0 Å². The van der Waals surface area contributed by atoms with Gasteiger partial charge in [0, 0.05) is 22.9 Å². The second kappa shape index (κ2) is 9.23. The zero-order valence-electron chi connectivity index (χ0n) is 17.8. The molecule has 0 saturated heterocycles. The molecule has 0 fully saturated rings. The van der Waals surface area contributed by atoms with E-state index in [1.807, 2.05) is 22.9 Å². The van der Waals surface area contributed by atoms with Crippen molar-refractivity contribution in [1.82, 2.24) is 35.4 Å². The smallest absolute Gasteiger partial charge is 0.182 e. The first-order chi connectivity index (χ1) is 15.8. The summed E-state index contributed by atoms with van der Waals surface area (Å²) in [7, 11) is 0. The van der Waals surface area contributed by atoms with Gasteiger partial charge in [-0.05, 0) is 45.0 Å². The zero-order chi connectivity index (χ0) is 21.8. The Morgan fingerprint density at radius 1 is 0.969 bits per heavy atom. The summed E-state index contributed by atoms with van der Waals surface area (Å²) in [5.74, 6) is 2.51. The van der Waals surface area contributed by atoms with Gasteiger partial charge in [0.15, 0.2) is 11.6 Å². The number of aryl methyl sites for hydroxylation is 1. The summed E-state index contributed by atoms with van der Waals surface area (Å²) in [5.41, 5.74) is 5.45. The van der Waals surface area contributed by atoms with E-state index in [2.05, 4.69) is 74.7 Å². The maximum absolute atomic E-state index is 4.83. The average molecular weight is 442 g/mol. The van der Waals surface area contributed by atoms with Crippen LogP contribution >= 0.6 is 11.3 Å². The molecule has 2 aromatic carbocycles. The number of nitrogens with zero attached hydrogens (tertiary/aromatic N) is 6. The molecule has 1 N–H and O–H groups in total. The van der Waals surface area contributed by atoms with Crippen molar-refractivity contribution in [3.05, 3.63) is 76.7 Å². The number of H-pyrrole nitrogens is 1. The quantitative estimate of drug-likeness (QED) is 0.356. The lowest BCUT2D eigenvalue weighted by Gasteiger charge is -2.09. The molecule has 3 heterocycles. The van der Waals surface area contributed by atoms with Crippen LogP contribution in [0.4, 0.5) is 0 Å². The van der Waals surface area contributed by atoms with Crippen LogP contribution in [0.25, 0.3) is 33.9 Å². The van der Waals surface area contributed by atoms with Gasteiger partial charge in [-0.25, -0.2) is 14.8 Å². The third-order valence-electron chi connectivity index (χ3n) is 5.41. The molecular weight excluding hydrogens is 418 g/mol. The van der Waals surface area contributed by atoms with Crippen LogP contribution in [0.5, 0.6) is 0 Å². The predicted molar refractivity (Wildman–Crippen MR) is 126 cm³/mol. The molecule has 7 nitrogen and oxygen atoms in total. The van der Waals surface area contributed by atoms with Gasteiger partial charge in [0.2, 0.25) is 0 Å². The van der Waals surface area contributed by atoms with Crippen LogP contribution in [-0.2, 0) is 13.0 Å². The lowest BCUT2D eigenvalue weighted by Crippen LogP contribution is -2.07. The molecule has 5 rings (SSSR count). The van der Waals surface area contributed by atoms with Gasteiger partial charge in [-0.1, -0.05) is 61.9 Å². The van der Waals surface area contributed by atoms with Gasteiger partial charge < -0.3 is 0 Å². The molecule has 0 amide bonds. The Bertz CT molecular complexity index is 1270. The second-order valence-corrected chi connectivity index (χ2v) is 8.40. The molecule has 160 valence electrons. The van der Waals surface area contributed by atoms with Crippen LogP contribution in [0, 0.1) is 0 Å². The fourth-order valence-corrected chi connectivity index (χ4v) is 4.35. The number of benzene rings is 2. The van der Waals surface area contributed by atoms with Crippen molar-refractivity contribution in [3.8, 4) is 33.9 Å². The summed E-state index contributed by atoms with van der Waals surface area (Å²) in [5, 5.41) is 23.3. The van der Waals surface area contributed by atoms with Gasteiger partial charge >= 0.3 is 0 Å². The van der Waals surface area contributed by atoms with Crippen molar-refractivity contribution >= 4 is 11.3 Å². The summed E-state index contributed by atoms with van der Waals surface area (Å²) in [4.78, 5) is 4.83. The van der Waals surface area contributed by atoms with Gasteiger partial charge in [-0.15, -0.1) is 5.10 Å². The fourth-order valence-electron chi connectivity index (χ4n) is 3.71. The molecule has 0 spiro atoms. The van der Waals surface area contributed by atoms with Crippen molar-refractivity contribution in [3.63, 3.8) is 0 Å². The van der Waals surface area contributed by atoms with Crippen LogP contribution in [0.15, 0.2) is 65.4 Å². The summed E-state index contributed by atoms with van der Waals surface area (Å²) < 4.78 is 2.05. The van der Waals surface area contributed by atoms with Crippen molar-refractivity contribution in [1.29, 1.82) is 0 Å². The van der Waals surface area contributed by atoms with Gasteiger partial charge in [0.25, 0.3) is 0 Å². The van der Waals surface area contributed by atoms with Gasteiger partial charge in [0.1, 0.15) is 5.82 Å². The Morgan fingerprint density at radius 2 is 1.81 bits per heavy atom. The minimum absolute atomic E-state index is 0.661. The third kappa shape index (κ3) is 4.22. The summed E-state index contributed by atoms with van der Waals surface area (Å²) in [6, 6.07) is 18.8. The Hall–Kier alpha value is -3.65. The van der Waals surface area contributed by atoms with Crippen LogP contribution < -0.4 is 0 Å². The van der Waals surface area contributed by atoms with E-state index in [1.165, 1.54) is 5.56 Å². The third-order valence-corrected chi connectivity index (χ3v) is 6.09. The van der Waals surface area contributed by atoms with Gasteiger partial charge in [-0.3, -0.25) is 0 Å². The number of unbranched alkanes of at least 4 members (excludes halogenated alkanes) is 1. The van der Waals surface area contributed by atoms with Crippen molar-refractivity contribution in [2.45, 2.75) is 32.7 Å². The molecule has 3 aromatic heterocycles. The van der Waals surface area contributed by atoms with Crippen LogP contribution in [0.2, 0.25) is 0 Å². The summed E-state index contributed by atoms with van der Waals surface area (Å²) >= 11 is 1.67. The molecule has 0 radical (unpaired) electrons. The maximum Gasteiger partial charge on any atom is 0.182 e. The number of nitrogens with one attached hydrogen (secondary N) is 1. The second-order valence-electron chi connectivity index (χ2n) is 7.62. The maximum atomic E-state index is 4.83. The number of rotatable bonds is 8. The van der Waals surface area contributed by atoms with E-state index < -0.39 is 0 Å². The minimum atomic E-state index is 0.661. The topological polar surface area (TPSA) is 85.2 Å². The van der Waals surface area contributed by atoms with E-state index >= 15 is 0 Å². The Morgan fingerprint density at radius 3 is 2.53 bits per heavy atom. The number of hydrogen-bond donors (Lipinski definition) is 1. The molecule has 0 aliphatic rings. The van der Waals surface area contributed by atoms with Crippen molar-refractivity contribution in [2.75, 3.05) is 0 Å². The van der Waals surface area contributed by atoms with E-state index in [0.29, 0.717) is 12.4 Å². The van der Waals surface area contributed by atoms with Crippen molar-refractivity contribution < 1.29 is 0 Å². The molecular formula is C24H23N7S. The molecule has 8 heteroatoms. The zero-order valence-corrected chi connectivity index (χ0v) is 18.6. The molecule has 0 aliphatic heterocycles. The normalized spacial score (nSPS) is 11.2. The van der Waals surface area contributed by atoms with Gasteiger partial charge in [0.05, 0.1) is 6.54 Å². The molecule has 5 aromatic rings. The minimum Gasteiger partial charge on any atom is -0.245 e. The lowest BCUT2D eigenvalue weighted by atomic mass is 9.98. The Kier molecular flexibility index (Phi) is 5.85. The van der Waals surface area contributed by atoms with E-state index in [0.717, 1.165) is 53.2 Å². The number of aromatic nitrogens is 7. The van der Waals surface area contributed by atoms with E-state index in [-0.39, 0.29) is 0 Å². The van der Waals surface area contributed by atoms with Gasteiger partial charge in [-0.2, -0.15) is 16.4 Å². The van der Waals surface area contributed by atoms with Crippen LogP contribution in [0.1, 0.15) is 31.2 Å². The fraction of sp³-hybridized carbons (Fsp3) is 0.208. The number of thiophene rings is 1. The first kappa shape index (κ1) is 20.3. The SMILES string of the molecule is CCCCc1nc(-c2ccsc2)nn1Cc1ccc(-c2ccccc2-c2nnn[nH]2)cc1. The largest absolute Gasteiger partial charge is 0.245 e. The lowest BCUT2D eigenvalue weighted by molar-refractivity contribution is 0.619. The highest BCUT2D eigenvalue weighted by Crippen LogP contribution is 2.30. The molecule has 0 saturated carbocycles. The highest BCUT2D eigenvalue weighted by molar-refractivity contribution is 7.08. The Balaban J connectivity index is 1.41. The first-order valence-corrected chi connectivity index (χ1v) is 11.6. The summed E-state index contributed by atoms with van der Waals surface area (Å²) in [6.45, 7) is 2.90. The highest BCUT2D eigenvalue weighted by Gasteiger charge is 2.13. The van der Waals surface area contributed by atoms with Crippen molar-refractivity contribution in [2.24, 2.45) is 0 Å². The van der Waals surface area contributed by atoms with E-state index in [4.69, 9.17) is 10.1 Å². The van der Waals surface area contributed by atoms with E-state index in [1.54, 1.807) is 11.3 Å². The first-order valence-electron chi connectivity index (χ1n) is 10.7. The molecule has 0 bridgehead atoms. The summed E-state index contributed by atoms with van der Waals surface area (Å²) in [6.07, 6.45) is 3.17. The molecule has 0 aliphatic carbocycles. The Labute approximate surface area is 190 Å². The molecule has 32 heavy (non-hydrogen) atoms. The number of hydrogen-bond acceptors (Lipinski definition) is 6. The van der Waals surface area contributed by atoms with Crippen LogP contribution in [-0.4, -0.2) is 35.4 Å². The van der Waals surface area contributed by atoms with Crippen LogP contribution in [0.3, 0.4) is 0 Å². The monoisotopic (exact) mass is 441 g/mol. The average Bonchev–Trinajstić information content (AvgIpc) is 3.61. The highest BCUT2D eigenvalue weighted by atomic mass is 32.1. The number of tetrazole rings is 1. The molecule has 0 atom stereocenters.